The van der Waals surface area contributed by atoms with E-state index in [0.717, 1.165) is 25.3 Å². The molecule has 2 aromatic rings. The Bertz CT molecular complexity index is 483. The molecule has 2 heterocycles. The van der Waals surface area contributed by atoms with Crippen molar-refractivity contribution in [1.82, 2.24) is 24.4 Å². The van der Waals surface area contributed by atoms with Gasteiger partial charge in [-0.25, -0.2) is 9.97 Å². The van der Waals surface area contributed by atoms with E-state index >= 15 is 0 Å². The van der Waals surface area contributed by atoms with Gasteiger partial charge < -0.3 is 14.5 Å². The molecule has 0 spiro atoms. The molecule has 0 aromatic carbocycles. The first-order valence-corrected chi connectivity index (χ1v) is 6.42. The predicted octanol–water partition coefficient (Wildman–Crippen LogP) is 1.82. The summed E-state index contributed by atoms with van der Waals surface area (Å²) in [6, 6.07) is 0.437. The summed E-state index contributed by atoms with van der Waals surface area (Å²) in [5.41, 5.74) is 2.28. The highest BCUT2D eigenvalue weighted by atomic mass is 15.1. The number of hydrogen-bond donors (Lipinski definition) is 1. The molecule has 0 aliphatic rings. The Hall–Kier alpha value is -1.62. The highest BCUT2D eigenvalue weighted by Gasteiger charge is 2.06. The molecule has 5 nitrogen and oxygen atoms in total. The maximum Gasteiger partial charge on any atom is 0.0953 e. The fraction of sp³-hybridized carbons (Fsp3) is 0.538. The van der Waals surface area contributed by atoms with Crippen molar-refractivity contribution in [2.24, 2.45) is 0 Å². The molecule has 98 valence electrons. The van der Waals surface area contributed by atoms with Crippen LogP contribution in [0.3, 0.4) is 0 Å². The summed E-state index contributed by atoms with van der Waals surface area (Å²) in [4.78, 5) is 8.59. The average Bonchev–Trinajstić information content (AvgIpc) is 2.96. The average molecular weight is 247 g/mol. The van der Waals surface area contributed by atoms with E-state index in [1.54, 1.807) is 0 Å². The van der Waals surface area contributed by atoms with Crippen molar-refractivity contribution >= 4 is 0 Å². The van der Waals surface area contributed by atoms with E-state index < -0.39 is 0 Å². The SMILES string of the molecule is CCNCc1cn(Cc2cncn2C(C)C)cn1. The molecule has 0 fully saturated rings. The lowest BCUT2D eigenvalue weighted by atomic mass is 10.3. The van der Waals surface area contributed by atoms with Crippen LogP contribution in [0, 0.1) is 0 Å². The number of nitrogens with zero attached hydrogens (tertiary/aromatic N) is 4. The van der Waals surface area contributed by atoms with Gasteiger partial charge in [0, 0.05) is 25.0 Å². The normalized spacial score (nSPS) is 11.3. The molecule has 0 atom stereocenters. The highest BCUT2D eigenvalue weighted by Crippen LogP contribution is 2.10. The van der Waals surface area contributed by atoms with Crippen molar-refractivity contribution in [3.63, 3.8) is 0 Å². The smallest absolute Gasteiger partial charge is 0.0953 e. The summed E-state index contributed by atoms with van der Waals surface area (Å²) in [5.74, 6) is 0. The second-order valence-corrected chi connectivity index (χ2v) is 4.70. The first kappa shape index (κ1) is 12.8. The summed E-state index contributed by atoms with van der Waals surface area (Å²) in [6.45, 7) is 9.03. The molecule has 18 heavy (non-hydrogen) atoms. The Morgan fingerprint density at radius 2 is 2.17 bits per heavy atom. The number of hydrogen-bond acceptors (Lipinski definition) is 3. The topological polar surface area (TPSA) is 47.7 Å². The van der Waals surface area contributed by atoms with E-state index in [0.29, 0.717) is 6.04 Å². The highest BCUT2D eigenvalue weighted by molar-refractivity contribution is 5.04. The van der Waals surface area contributed by atoms with E-state index in [-0.39, 0.29) is 0 Å². The van der Waals surface area contributed by atoms with Gasteiger partial charge in [0.05, 0.1) is 30.6 Å². The zero-order chi connectivity index (χ0) is 13.0. The van der Waals surface area contributed by atoms with Crippen molar-refractivity contribution in [1.29, 1.82) is 0 Å². The molecule has 0 aliphatic carbocycles. The van der Waals surface area contributed by atoms with Gasteiger partial charge in [-0.1, -0.05) is 6.92 Å². The molecule has 0 saturated carbocycles. The molecular formula is C13H21N5. The fourth-order valence-electron chi connectivity index (χ4n) is 1.94. The molecule has 0 amide bonds. The molecule has 0 saturated heterocycles. The first-order chi connectivity index (χ1) is 8.70. The van der Waals surface area contributed by atoms with Gasteiger partial charge in [0.25, 0.3) is 0 Å². The molecule has 1 N–H and O–H groups in total. The summed E-state index contributed by atoms with van der Waals surface area (Å²) < 4.78 is 4.28. The van der Waals surface area contributed by atoms with Crippen LogP contribution in [0.5, 0.6) is 0 Å². The van der Waals surface area contributed by atoms with Gasteiger partial charge in [0.2, 0.25) is 0 Å². The lowest BCUT2D eigenvalue weighted by Gasteiger charge is -2.11. The summed E-state index contributed by atoms with van der Waals surface area (Å²) in [5, 5.41) is 3.27. The number of aromatic nitrogens is 4. The van der Waals surface area contributed by atoms with Crippen molar-refractivity contribution in [2.75, 3.05) is 6.54 Å². The number of nitrogens with one attached hydrogen (secondary N) is 1. The third-order valence-electron chi connectivity index (χ3n) is 2.89. The second-order valence-electron chi connectivity index (χ2n) is 4.70. The third kappa shape index (κ3) is 2.98. The van der Waals surface area contributed by atoms with Crippen LogP contribution in [-0.2, 0) is 13.1 Å². The number of imidazole rings is 2. The predicted molar refractivity (Wildman–Crippen MR) is 71.3 cm³/mol. The minimum absolute atomic E-state index is 0.437. The van der Waals surface area contributed by atoms with Gasteiger partial charge in [0.1, 0.15) is 0 Å². The largest absolute Gasteiger partial charge is 0.331 e. The summed E-state index contributed by atoms with van der Waals surface area (Å²) in [6.07, 6.45) is 7.77. The lowest BCUT2D eigenvalue weighted by Crippen LogP contribution is -2.12. The molecular weight excluding hydrogens is 226 g/mol. The van der Waals surface area contributed by atoms with Gasteiger partial charge in [0.15, 0.2) is 0 Å². The first-order valence-electron chi connectivity index (χ1n) is 6.42. The lowest BCUT2D eigenvalue weighted by molar-refractivity contribution is 0.561. The quantitative estimate of drug-likeness (QED) is 0.847. The molecule has 5 heteroatoms. The van der Waals surface area contributed by atoms with E-state index in [9.17, 15) is 0 Å². The van der Waals surface area contributed by atoms with E-state index in [2.05, 4.69) is 51.4 Å². The Morgan fingerprint density at radius 3 is 2.89 bits per heavy atom. The fourth-order valence-corrected chi connectivity index (χ4v) is 1.94. The molecule has 0 aliphatic heterocycles. The monoisotopic (exact) mass is 247 g/mol. The van der Waals surface area contributed by atoms with Crippen molar-refractivity contribution in [3.05, 3.63) is 36.4 Å². The third-order valence-corrected chi connectivity index (χ3v) is 2.89. The standard InChI is InChI=1S/C13H21N5/c1-4-14-5-12-7-17(10-16-12)8-13-6-15-9-18(13)11(2)3/h6-7,9-11,14H,4-5,8H2,1-3H3. The van der Waals surface area contributed by atoms with Gasteiger partial charge >= 0.3 is 0 Å². The van der Waals surface area contributed by atoms with Crippen molar-refractivity contribution in [3.8, 4) is 0 Å². The molecule has 0 radical (unpaired) electrons. The molecule has 2 rings (SSSR count). The minimum Gasteiger partial charge on any atom is -0.331 e. The van der Waals surface area contributed by atoms with Crippen LogP contribution in [0.25, 0.3) is 0 Å². The van der Waals surface area contributed by atoms with Gasteiger partial charge in [-0.3, -0.25) is 0 Å². The Morgan fingerprint density at radius 1 is 1.33 bits per heavy atom. The summed E-state index contributed by atoms with van der Waals surface area (Å²) >= 11 is 0. The summed E-state index contributed by atoms with van der Waals surface area (Å²) in [7, 11) is 0. The Balaban J connectivity index is 2.04. The van der Waals surface area contributed by atoms with Gasteiger partial charge in [-0.15, -0.1) is 0 Å². The second kappa shape index (κ2) is 5.82. The van der Waals surface area contributed by atoms with Crippen LogP contribution in [-0.4, -0.2) is 25.6 Å². The van der Waals surface area contributed by atoms with Gasteiger partial charge in [-0.05, 0) is 20.4 Å². The van der Waals surface area contributed by atoms with Gasteiger partial charge in [-0.2, -0.15) is 0 Å². The van der Waals surface area contributed by atoms with E-state index in [1.165, 1.54) is 5.69 Å². The van der Waals surface area contributed by atoms with Crippen LogP contribution in [0.1, 0.15) is 38.2 Å². The van der Waals surface area contributed by atoms with Crippen LogP contribution in [0.15, 0.2) is 25.0 Å². The molecule has 0 bridgehead atoms. The Kier molecular flexibility index (Phi) is 4.15. The molecule has 2 aromatic heterocycles. The van der Waals surface area contributed by atoms with Crippen molar-refractivity contribution < 1.29 is 0 Å². The van der Waals surface area contributed by atoms with E-state index in [4.69, 9.17) is 0 Å². The maximum atomic E-state index is 4.38. The zero-order valence-electron chi connectivity index (χ0n) is 11.3. The minimum atomic E-state index is 0.437. The maximum absolute atomic E-state index is 4.38. The Labute approximate surface area is 108 Å². The van der Waals surface area contributed by atoms with E-state index in [1.807, 2.05) is 18.9 Å². The number of rotatable bonds is 6. The van der Waals surface area contributed by atoms with Crippen molar-refractivity contribution in [2.45, 2.75) is 39.9 Å². The molecule has 0 unspecified atom stereocenters. The van der Waals surface area contributed by atoms with Crippen LogP contribution in [0.4, 0.5) is 0 Å². The van der Waals surface area contributed by atoms with Crippen LogP contribution < -0.4 is 5.32 Å². The zero-order valence-corrected chi connectivity index (χ0v) is 11.3. The van der Waals surface area contributed by atoms with Crippen LogP contribution in [0.2, 0.25) is 0 Å². The van der Waals surface area contributed by atoms with Crippen LogP contribution >= 0.6 is 0 Å².